The van der Waals surface area contributed by atoms with Crippen molar-refractivity contribution in [2.75, 3.05) is 25.0 Å². The van der Waals surface area contributed by atoms with E-state index in [0.29, 0.717) is 31.0 Å². The lowest BCUT2D eigenvalue weighted by Gasteiger charge is -2.32. The normalized spacial score (nSPS) is 16.8. The molecule has 0 spiro atoms. The van der Waals surface area contributed by atoms with Crippen molar-refractivity contribution in [3.8, 4) is 0 Å². The quantitative estimate of drug-likeness (QED) is 0.753. The molecule has 144 valence electrons. The Kier molecular flexibility index (Phi) is 6.13. The summed E-state index contributed by atoms with van der Waals surface area (Å²) in [6, 6.07) is 9.11. The van der Waals surface area contributed by atoms with Gasteiger partial charge >= 0.3 is 6.03 Å². The van der Waals surface area contributed by atoms with Crippen LogP contribution in [0, 0.1) is 12.8 Å². The molecule has 0 aliphatic carbocycles. The van der Waals surface area contributed by atoms with Crippen LogP contribution in [0.4, 0.5) is 10.5 Å². The third-order valence-electron chi connectivity index (χ3n) is 4.77. The number of hydrogen-bond donors (Lipinski definition) is 3. The molecular formula is C20H26N4O3. The van der Waals surface area contributed by atoms with Gasteiger partial charge in [0.05, 0.1) is 12.1 Å². The average Bonchev–Trinajstić information content (AvgIpc) is 3.17. The van der Waals surface area contributed by atoms with Crippen LogP contribution in [0.1, 0.15) is 34.5 Å². The van der Waals surface area contributed by atoms with Gasteiger partial charge in [0, 0.05) is 25.3 Å². The summed E-state index contributed by atoms with van der Waals surface area (Å²) in [5.74, 6) is 0.779. The Balaban J connectivity index is 1.48. The SMILES string of the molecule is Cc1ccc(NC(=O)NCC2CCCN(C(=O)c3coc(CN)c3)C2)cc1. The van der Waals surface area contributed by atoms with Crippen LogP contribution in [-0.4, -0.2) is 36.5 Å². The number of nitrogens with zero attached hydrogens (tertiary/aromatic N) is 1. The van der Waals surface area contributed by atoms with Gasteiger partial charge in [-0.15, -0.1) is 0 Å². The van der Waals surface area contributed by atoms with Crippen molar-refractivity contribution < 1.29 is 14.0 Å². The van der Waals surface area contributed by atoms with Gasteiger partial charge in [0.15, 0.2) is 0 Å². The highest BCUT2D eigenvalue weighted by molar-refractivity contribution is 5.94. The van der Waals surface area contributed by atoms with E-state index < -0.39 is 0 Å². The van der Waals surface area contributed by atoms with Gasteiger partial charge in [-0.05, 0) is 43.9 Å². The molecule has 4 N–H and O–H groups in total. The zero-order valence-corrected chi connectivity index (χ0v) is 15.5. The predicted molar refractivity (Wildman–Crippen MR) is 103 cm³/mol. The summed E-state index contributed by atoms with van der Waals surface area (Å²) in [5, 5.41) is 5.73. The van der Waals surface area contributed by atoms with E-state index in [0.717, 1.165) is 24.1 Å². The number of urea groups is 1. The summed E-state index contributed by atoms with van der Waals surface area (Å²) in [4.78, 5) is 26.5. The van der Waals surface area contributed by atoms with Gasteiger partial charge in [-0.25, -0.2) is 4.79 Å². The van der Waals surface area contributed by atoms with Crippen molar-refractivity contribution >= 4 is 17.6 Å². The van der Waals surface area contributed by atoms with Crippen LogP contribution in [0.5, 0.6) is 0 Å². The first-order chi connectivity index (χ1) is 13.0. The molecule has 2 heterocycles. The van der Waals surface area contributed by atoms with E-state index in [1.165, 1.54) is 6.26 Å². The minimum absolute atomic E-state index is 0.0488. The Labute approximate surface area is 158 Å². The van der Waals surface area contributed by atoms with Gasteiger partial charge in [-0.2, -0.15) is 0 Å². The minimum Gasteiger partial charge on any atom is -0.467 e. The fourth-order valence-corrected chi connectivity index (χ4v) is 3.25. The molecule has 1 aliphatic heterocycles. The molecule has 0 bridgehead atoms. The lowest BCUT2D eigenvalue weighted by molar-refractivity contribution is 0.0674. The van der Waals surface area contributed by atoms with Crippen LogP contribution in [0.2, 0.25) is 0 Å². The zero-order valence-electron chi connectivity index (χ0n) is 15.5. The lowest BCUT2D eigenvalue weighted by atomic mass is 9.97. The molecule has 7 nitrogen and oxygen atoms in total. The van der Waals surface area contributed by atoms with E-state index in [9.17, 15) is 9.59 Å². The van der Waals surface area contributed by atoms with E-state index in [4.69, 9.17) is 10.2 Å². The van der Waals surface area contributed by atoms with E-state index in [1.54, 1.807) is 6.07 Å². The third kappa shape index (κ3) is 5.10. The van der Waals surface area contributed by atoms with Crippen LogP contribution >= 0.6 is 0 Å². The second kappa shape index (κ2) is 8.73. The van der Waals surface area contributed by atoms with E-state index in [2.05, 4.69) is 10.6 Å². The number of hydrogen-bond acceptors (Lipinski definition) is 4. The topological polar surface area (TPSA) is 101 Å². The number of benzene rings is 1. The van der Waals surface area contributed by atoms with Crippen molar-refractivity contribution in [3.63, 3.8) is 0 Å². The molecule has 0 radical (unpaired) electrons. The molecule has 3 rings (SSSR count). The molecule has 1 aliphatic rings. The maximum atomic E-state index is 12.6. The molecule has 1 aromatic carbocycles. The number of likely N-dealkylation sites (tertiary alicyclic amines) is 1. The zero-order chi connectivity index (χ0) is 19.2. The maximum absolute atomic E-state index is 12.6. The van der Waals surface area contributed by atoms with E-state index >= 15 is 0 Å². The summed E-state index contributed by atoms with van der Waals surface area (Å²) in [6.45, 7) is 4.14. The Morgan fingerprint density at radius 3 is 2.78 bits per heavy atom. The molecule has 1 saturated heterocycles. The van der Waals surface area contributed by atoms with Gasteiger partial charge in [0.1, 0.15) is 12.0 Å². The number of furan rings is 1. The van der Waals surface area contributed by atoms with Crippen molar-refractivity contribution in [1.29, 1.82) is 0 Å². The molecule has 2 aromatic rings. The minimum atomic E-state index is -0.232. The first-order valence-corrected chi connectivity index (χ1v) is 9.23. The lowest BCUT2D eigenvalue weighted by Crippen LogP contribution is -2.44. The summed E-state index contributed by atoms with van der Waals surface area (Å²) in [7, 11) is 0. The highest BCUT2D eigenvalue weighted by Gasteiger charge is 2.25. The Hall–Kier alpha value is -2.80. The molecule has 0 saturated carbocycles. The number of anilines is 1. The number of carbonyl (C=O) groups excluding carboxylic acids is 2. The number of amides is 3. The van der Waals surface area contributed by atoms with Crippen LogP contribution in [0.25, 0.3) is 0 Å². The van der Waals surface area contributed by atoms with Crippen LogP contribution < -0.4 is 16.4 Å². The van der Waals surface area contributed by atoms with Gasteiger partial charge < -0.3 is 25.7 Å². The molecule has 1 unspecified atom stereocenters. The average molecular weight is 370 g/mol. The van der Waals surface area contributed by atoms with Crippen LogP contribution in [0.15, 0.2) is 41.0 Å². The highest BCUT2D eigenvalue weighted by Crippen LogP contribution is 2.19. The second-order valence-electron chi connectivity index (χ2n) is 6.97. The Morgan fingerprint density at radius 2 is 2.07 bits per heavy atom. The van der Waals surface area contributed by atoms with Crippen LogP contribution in [-0.2, 0) is 6.54 Å². The molecule has 1 aromatic heterocycles. The number of piperidine rings is 1. The fourth-order valence-electron chi connectivity index (χ4n) is 3.25. The number of nitrogens with two attached hydrogens (primary N) is 1. The number of nitrogens with one attached hydrogen (secondary N) is 2. The number of rotatable bonds is 5. The number of aryl methyl sites for hydroxylation is 1. The standard InChI is InChI=1S/C20H26N4O3/c1-14-4-6-17(7-5-14)23-20(26)22-11-15-3-2-8-24(12-15)19(25)16-9-18(10-21)27-13-16/h4-7,9,13,15H,2-3,8,10-12,21H2,1H3,(H2,22,23,26). The monoisotopic (exact) mass is 370 g/mol. The summed E-state index contributed by atoms with van der Waals surface area (Å²) in [6.07, 6.45) is 3.36. The molecule has 1 fully saturated rings. The third-order valence-corrected chi connectivity index (χ3v) is 4.77. The first-order valence-electron chi connectivity index (χ1n) is 9.23. The largest absolute Gasteiger partial charge is 0.467 e. The summed E-state index contributed by atoms with van der Waals surface area (Å²) in [5.41, 5.74) is 7.96. The van der Waals surface area contributed by atoms with Crippen LogP contribution in [0.3, 0.4) is 0 Å². The number of carbonyl (C=O) groups is 2. The van der Waals surface area contributed by atoms with Gasteiger partial charge in [-0.3, -0.25) is 4.79 Å². The van der Waals surface area contributed by atoms with E-state index in [-0.39, 0.29) is 24.4 Å². The smallest absolute Gasteiger partial charge is 0.319 e. The first kappa shape index (κ1) is 19.0. The van der Waals surface area contributed by atoms with Gasteiger partial charge in [0.2, 0.25) is 0 Å². The second-order valence-corrected chi connectivity index (χ2v) is 6.97. The fraction of sp³-hybridized carbons (Fsp3) is 0.400. The summed E-state index contributed by atoms with van der Waals surface area (Å²) >= 11 is 0. The van der Waals surface area contributed by atoms with Gasteiger partial charge in [-0.1, -0.05) is 17.7 Å². The Bertz CT molecular complexity index is 785. The van der Waals surface area contributed by atoms with Gasteiger partial charge in [0.25, 0.3) is 5.91 Å². The van der Waals surface area contributed by atoms with Crippen molar-refractivity contribution in [1.82, 2.24) is 10.2 Å². The maximum Gasteiger partial charge on any atom is 0.319 e. The molecule has 1 atom stereocenters. The van der Waals surface area contributed by atoms with Crippen molar-refractivity contribution in [2.45, 2.75) is 26.3 Å². The van der Waals surface area contributed by atoms with Crippen molar-refractivity contribution in [3.05, 3.63) is 53.5 Å². The molecule has 27 heavy (non-hydrogen) atoms. The molecule has 7 heteroatoms. The Morgan fingerprint density at radius 1 is 1.30 bits per heavy atom. The molecule has 3 amide bonds. The van der Waals surface area contributed by atoms with E-state index in [1.807, 2.05) is 36.1 Å². The van der Waals surface area contributed by atoms with Crippen molar-refractivity contribution in [2.24, 2.45) is 11.7 Å². The highest BCUT2D eigenvalue weighted by atomic mass is 16.3. The predicted octanol–water partition coefficient (Wildman–Crippen LogP) is 2.72. The summed E-state index contributed by atoms with van der Waals surface area (Å²) < 4.78 is 5.26. The molecular weight excluding hydrogens is 344 g/mol.